The second-order valence-electron chi connectivity index (χ2n) is 7.17. The predicted octanol–water partition coefficient (Wildman–Crippen LogP) is 4.88. The molecule has 0 aliphatic carbocycles. The number of ketones is 1. The maximum atomic E-state index is 12.5. The van der Waals surface area contributed by atoms with E-state index in [2.05, 4.69) is 0 Å². The average Bonchev–Trinajstić information content (AvgIpc) is 3.10. The minimum atomic E-state index is -1.32. The Hall–Kier alpha value is -2.73. The second kappa shape index (κ2) is 7.72. The highest BCUT2D eigenvalue weighted by Gasteiger charge is 2.30. The number of hydrogen-bond acceptors (Lipinski definition) is 5. The van der Waals surface area contributed by atoms with E-state index in [4.69, 9.17) is 9.47 Å². The van der Waals surface area contributed by atoms with Gasteiger partial charge in [-0.25, -0.2) is 4.79 Å². The van der Waals surface area contributed by atoms with Crippen LogP contribution in [0.2, 0.25) is 0 Å². The minimum absolute atomic E-state index is 0.106. The van der Waals surface area contributed by atoms with E-state index in [0.717, 1.165) is 27.3 Å². The molecule has 2 aromatic rings. The average molecular weight is 398 g/mol. The maximum Gasteiger partial charge on any atom is 0.347 e. The number of aryl methyl sites for hydroxylation is 2. The number of allylic oxidation sites excluding steroid dienone is 1. The van der Waals surface area contributed by atoms with Crippen molar-refractivity contribution in [3.63, 3.8) is 0 Å². The highest BCUT2D eigenvalue weighted by atomic mass is 32.2. The van der Waals surface area contributed by atoms with Gasteiger partial charge in [-0.2, -0.15) is 0 Å². The van der Waals surface area contributed by atoms with Gasteiger partial charge in [-0.3, -0.25) is 4.79 Å². The van der Waals surface area contributed by atoms with Crippen molar-refractivity contribution in [1.29, 1.82) is 0 Å². The van der Waals surface area contributed by atoms with Crippen LogP contribution in [0.25, 0.3) is 6.08 Å². The molecule has 28 heavy (non-hydrogen) atoms. The van der Waals surface area contributed by atoms with Crippen molar-refractivity contribution in [3.05, 3.63) is 58.7 Å². The molecule has 3 rings (SSSR count). The molecular formula is C22H22O5S. The number of benzene rings is 2. The van der Waals surface area contributed by atoms with Gasteiger partial charge in [-0.1, -0.05) is 17.8 Å². The van der Waals surface area contributed by atoms with Crippen LogP contribution in [-0.2, 0) is 4.79 Å². The van der Waals surface area contributed by atoms with Gasteiger partial charge in [0.1, 0.15) is 17.4 Å². The molecule has 1 aliphatic rings. The van der Waals surface area contributed by atoms with Gasteiger partial charge in [0, 0.05) is 5.56 Å². The molecule has 0 aromatic heterocycles. The number of ether oxygens (including phenoxy) is 2. The molecule has 0 unspecified atom stereocenters. The number of fused-ring (bicyclic) bond motifs is 1. The minimum Gasteiger partial charge on any atom is -0.481 e. The van der Waals surface area contributed by atoms with Gasteiger partial charge in [0.2, 0.25) is 0 Å². The molecule has 0 radical (unpaired) electrons. The summed E-state index contributed by atoms with van der Waals surface area (Å²) in [4.78, 5) is 24.8. The van der Waals surface area contributed by atoms with Gasteiger partial charge >= 0.3 is 5.97 Å². The third kappa shape index (κ3) is 4.22. The molecule has 146 valence electrons. The van der Waals surface area contributed by atoms with E-state index in [-0.39, 0.29) is 5.78 Å². The predicted molar refractivity (Wildman–Crippen MR) is 109 cm³/mol. The summed E-state index contributed by atoms with van der Waals surface area (Å²) < 4.78 is 11.2. The standard InChI is InChI=1S/C22H22O5S/c1-13-9-15(10-14(2)20(13)27-22(3,4)21(24)25)5-7-17(23)16-6-8-19-18(11-16)26-12-28-19/h5-11H,12H2,1-4H3,(H,24,25)/b7-5+. The first-order valence-electron chi connectivity index (χ1n) is 8.83. The Labute approximate surface area is 168 Å². The van der Waals surface area contributed by atoms with Crippen molar-refractivity contribution in [2.24, 2.45) is 0 Å². The van der Waals surface area contributed by atoms with Crippen LogP contribution in [0.5, 0.6) is 11.5 Å². The normalized spacial score (nSPS) is 13.3. The van der Waals surface area contributed by atoms with Crippen molar-refractivity contribution in [2.45, 2.75) is 38.2 Å². The van der Waals surface area contributed by atoms with Crippen molar-refractivity contribution < 1.29 is 24.2 Å². The van der Waals surface area contributed by atoms with E-state index in [1.165, 1.54) is 19.9 Å². The van der Waals surface area contributed by atoms with E-state index in [0.29, 0.717) is 17.3 Å². The van der Waals surface area contributed by atoms with E-state index >= 15 is 0 Å². The first kappa shape index (κ1) is 20.0. The Kier molecular flexibility index (Phi) is 5.52. The van der Waals surface area contributed by atoms with Gasteiger partial charge in [-0.05, 0) is 80.8 Å². The zero-order valence-electron chi connectivity index (χ0n) is 16.2. The van der Waals surface area contributed by atoms with Gasteiger partial charge in [-0.15, -0.1) is 0 Å². The molecule has 0 fully saturated rings. The first-order chi connectivity index (χ1) is 13.2. The topological polar surface area (TPSA) is 72.8 Å². The van der Waals surface area contributed by atoms with Crippen LogP contribution in [0.15, 0.2) is 41.3 Å². The Morgan fingerprint density at radius 1 is 1.18 bits per heavy atom. The fourth-order valence-corrected chi connectivity index (χ4v) is 3.59. The third-order valence-corrected chi connectivity index (χ3v) is 5.32. The Balaban J connectivity index is 1.79. The molecule has 1 heterocycles. The fraction of sp³-hybridized carbons (Fsp3) is 0.273. The summed E-state index contributed by atoms with van der Waals surface area (Å²) in [6.07, 6.45) is 3.27. The number of carbonyl (C=O) groups excluding carboxylic acids is 1. The Morgan fingerprint density at radius 3 is 2.50 bits per heavy atom. The smallest absolute Gasteiger partial charge is 0.347 e. The van der Waals surface area contributed by atoms with Gasteiger partial charge in [0.05, 0.1) is 4.90 Å². The van der Waals surface area contributed by atoms with Crippen LogP contribution in [0.1, 0.15) is 40.9 Å². The molecule has 0 saturated heterocycles. The maximum absolute atomic E-state index is 12.5. The molecule has 1 aliphatic heterocycles. The fourth-order valence-electron chi connectivity index (χ4n) is 2.86. The SMILES string of the molecule is Cc1cc(/C=C/C(=O)c2ccc3c(c2)OCS3)cc(C)c1OC(C)(C)C(=O)O. The van der Waals surface area contributed by atoms with Gasteiger partial charge < -0.3 is 14.6 Å². The molecular weight excluding hydrogens is 376 g/mol. The van der Waals surface area contributed by atoms with Gasteiger partial charge in [0.15, 0.2) is 11.4 Å². The number of aliphatic carboxylic acids is 1. The Morgan fingerprint density at radius 2 is 1.86 bits per heavy atom. The quantitative estimate of drug-likeness (QED) is 0.552. The number of carbonyl (C=O) groups is 2. The lowest BCUT2D eigenvalue weighted by Crippen LogP contribution is -2.38. The van der Waals surface area contributed by atoms with Crippen LogP contribution in [-0.4, -0.2) is 28.4 Å². The lowest BCUT2D eigenvalue weighted by molar-refractivity contribution is -0.152. The van der Waals surface area contributed by atoms with Crippen LogP contribution in [0, 0.1) is 13.8 Å². The zero-order valence-corrected chi connectivity index (χ0v) is 17.1. The summed E-state index contributed by atoms with van der Waals surface area (Å²) >= 11 is 1.61. The lowest BCUT2D eigenvalue weighted by atomic mass is 10.0. The third-order valence-electron chi connectivity index (χ3n) is 4.44. The van der Waals surface area contributed by atoms with E-state index in [9.17, 15) is 14.7 Å². The number of thioether (sulfide) groups is 1. The van der Waals surface area contributed by atoms with Crippen LogP contribution in [0.4, 0.5) is 0 Å². The van der Waals surface area contributed by atoms with Crippen molar-refractivity contribution in [1.82, 2.24) is 0 Å². The van der Waals surface area contributed by atoms with E-state index in [1.807, 2.05) is 32.0 Å². The van der Waals surface area contributed by atoms with Gasteiger partial charge in [0.25, 0.3) is 0 Å². The number of carboxylic acids is 1. The van der Waals surface area contributed by atoms with E-state index < -0.39 is 11.6 Å². The lowest BCUT2D eigenvalue weighted by Gasteiger charge is -2.24. The summed E-state index contributed by atoms with van der Waals surface area (Å²) in [5.41, 5.74) is 1.72. The monoisotopic (exact) mass is 398 g/mol. The molecule has 0 atom stereocenters. The van der Waals surface area contributed by atoms with Crippen LogP contribution < -0.4 is 9.47 Å². The summed E-state index contributed by atoms with van der Waals surface area (Å²) in [6, 6.07) is 9.20. The van der Waals surface area contributed by atoms with Crippen molar-refractivity contribution in [3.8, 4) is 11.5 Å². The van der Waals surface area contributed by atoms with E-state index in [1.54, 1.807) is 30.0 Å². The molecule has 6 heteroatoms. The second-order valence-corrected chi connectivity index (χ2v) is 8.13. The summed E-state index contributed by atoms with van der Waals surface area (Å²) in [5, 5.41) is 9.27. The molecule has 1 N–H and O–H groups in total. The highest BCUT2D eigenvalue weighted by Crippen LogP contribution is 2.36. The molecule has 0 amide bonds. The van der Waals surface area contributed by atoms with Crippen LogP contribution >= 0.6 is 11.8 Å². The molecule has 2 aromatic carbocycles. The molecule has 0 bridgehead atoms. The zero-order chi connectivity index (χ0) is 20.5. The molecule has 5 nitrogen and oxygen atoms in total. The number of rotatable bonds is 6. The van der Waals surface area contributed by atoms with Crippen molar-refractivity contribution >= 4 is 29.6 Å². The number of carboxylic acid groups (broad SMARTS) is 1. The Bertz CT molecular complexity index is 952. The number of hydrogen-bond donors (Lipinski definition) is 1. The first-order valence-corrected chi connectivity index (χ1v) is 9.81. The molecule has 0 saturated carbocycles. The van der Waals surface area contributed by atoms with Crippen LogP contribution in [0.3, 0.4) is 0 Å². The summed E-state index contributed by atoms with van der Waals surface area (Å²) in [7, 11) is 0. The largest absolute Gasteiger partial charge is 0.481 e. The summed E-state index contributed by atoms with van der Waals surface area (Å²) in [5.74, 6) is 0.736. The highest BCUT2D eigenvalue weighted by molar-refractivity contribution is 7.99. The summed E-state index contributed by atoms with van der Waals surface area (Å²) in [6.45, 7) is 6.74. The van der Waals surface area contributed by atoms with Crippen molar-refractivity contribution in [2.75, 3.05) is 5.94 Å². The molecule has 0 spiro atoms.